The lowest BCUT2D eigenvalue weighted by Crippen LogP contribution is -2.58. The molecule has 6 nitrogen and oxygen atoms in total. The van der Waals surface area contributed by atoms with Gasteiger partial charge in [-0.1, -0.05) is 46.6 Å². The molecular formula is C38H64N2O4. The van der Waals surface area contributed by atoms with Crippen molar-refractivity contribution in [3.63, 3.8) is 0 Å². The highest BCUT2D eigenvalue weighted by Gasteiger charge is 2.82. The molecule has 1 amide bonds. The molecule has 44 heavy (non-hydrogen) atoms. The first-order valence-electron chi connectivity index (χ1n) is 18.1. The van der Waals surface area contributed by atoms with E-state index in [1.807, 2.05) is 14.1 Å². The topological polar surface area (TPSA) is 62.2 Å². The summed E-state index contributed by atoms with van der Waals surface area (Å²) in [5, 5.41) is 11.7. The Bertz CT molecular complexity index is 1120. The molecule has 11 atom stereocenters. The van der Waals surface area contributed by atoms with Gasteiger partial charge in [0.2, 0.25) is 5.91 Å². The minimum absolute atomic E-state index is 0.0923. The number of likely N-dealkylation sites (N-methyl/N-ethyl adjacent to an activating group) is 1. The number of hydrogen-bond donors (Lipinski definition) is 1. The number of morpholine rings is 1. The summed E-state index contributed by atoms with van der Waals surface area (Å²) in [6, 6.07) is 0. The molecule has 0 radical (unpaired) electrons. The summed E-state index contributed by atoms with van der Waals surface area (Å²) in [5.41, 5.74) is 2.70. The van der Waals surface area contributed by atoms with Gasteiger partial charge in [0, 0.05) is 20.6 Å². The second kappa shape index (κ2) is 11.3. The van der Waals surface area contributed by atoms with E-state index in [1.54, 1.807) is 4.90 Å². The normalized spacial score (nSPS) is 46.7. The van der Waals surface area contributed by atoms with Crippen LogP contribution < -0.4 is 0 Å². The summed E-state index contributed by atoms with van der Waals surface area (Å²) in [6.07, 6.45) is 13.2. The molecule has 1 aliphatic heterocycles. The number of hydrogen-bond acceptors (Lipinski definition) is 5. The van der Waals surface area contributed by atoms with E-state index in [1.165, 1.54) is 56.9 Å². The molecule has 6 aliphatic rings. The van der Waals surface area contributed by atoms with Gasteiger partial charge in [0.1, 0.15) is 0 Å². The van der Waals surface area contributed by atoms with Crippen molar-refractivity contribution in [3.05, 3.63) is 12.2 Å². The van der Waals surface area contributed by atoms with Gasteiger partial charge in [-0.2, -0.15) is 0 Å². The van der Waals surface area contributed by atoms with Crippen LogP contribution in [0.15, 0.2) is 12.2 Å². The van der Waals surface area contributed by atoms with Crippen molar-refractivity contribution in [3.8, 4) is 0 Å². The number of ether oxygens (including phenoxy) is 2. The summed E-state index contributed by atoms with van der Waals surface area (Å²) < 4.78 is 13.0. The number of allylic oxidation sites excluding steroid dienone is 1. The predicted molar refractivity (Wildman–Crippen MR) is 176 cm³/mol. The van der Waals surface area contributed by atoms with Crippen molar-refractivity contribution < 1.29 is 19.4 Å². The molecule has 0 aromatic carbocycles. The largest absolute Gasteiger partial charge is 0.393 e. The number of rotatable bonds is 9. The van der Waals surface area contributed by atoms with Gasteiger partial charge >= 0.3 is 0 Å². The van der Waals surface area contributed by atoms with Crippen LogP contribution >= 0.6 is 0 Å². The summed E-state index contributed by atoms with van der Waals surface area (Å²) in [5.74, 6) is 2.50. The van der Waals surface area contributed by atoms with Crippen molar-refractivity contribution in [2.45, 2.75) is 131 Å². The molecule has 2 spiro atoms. The zero-order valence-corrected chi connectivity index (χ0v) is 29.4. The first kappa shape index (κ1) is 33.0. The highest BCUT2D eigenvalue weighted by molar-refractivity contribution is 5.77. The van der Waals surface area contributed by atoms with Crippen molar-refractivity contribution in [2.24, 2.45) is 50.7 Å². The monoisotopic (exact) mass is 612 g/mol. The van der Waals surface area contributed by atoms with Gasteiger partial charge in [0.15, 0.2) is 6.29 Å². The van der Waals surface area contributed by atoms with Crippen LogP contribution in [0.5, 0.6) is 0 Å². The van der Waals surface area contributed by atoms with Crippen LogP contribution in [0.4, 0.5) is 0 Å². The Morgan fingerprint density at radius 1 is 1.07 bits per heavy atom. The van der Waals surface area contributed by atoms with Gasteiger partial charge in [-0.15, -0.1) is 6.58 Å². The van der Waals surface area contributed by atoms with Crippen LogP contribution in [0, 0.1) is 50.7 Å². The number of nitrogens with zero attached hydrogens (tertiary/aromatic N) is 2. The Labute approximate surface area is 268 Å². The van der Waals surface area contributed by atoms with Crippen LogP contribution in [-0.2, 0) is 14.3 Å². The SMILES string of the molecule is C=C(C)CCC[C@@H](C)C1[C@H](O)C[C@@]2(C)[C@@H]3CC[C@H]4C(C)(C)[C@@H](O[C@H]5CN(CC(=O)N(C)C)CCO5)CC[C@@]45C[C@@]35CC[C@]12C. The van der Waals surface area contributed by atoms with E-state index in [2.05, 4.69) is 53.0 Å². The van der Waals surface area contributed by atoms with Crippen LogP contribution in [0.2, 0.25) is 0 Å². The molecular weight excluding hydrogens is 548 g/mol. The smallest absolute Gasteiger partial charge is 0.236 e. The lowest BCUT2D eigenvalue weighted by molar-refractivity contribution is -0.247. The lowest BCUT2D eigenvalue weighted by atomic mass is 9.41. The highest BCUT2D eigenvalue weighted by Crippen LogP contribution is 2.89. The summed E-state index contributed by atoms with van der Waals surface area (Å²) in [4.78, 5) is 16.2. The third-order valence-corrected chi connectivity index (χ3v) is 15.3. The van der Waals surface area contributed by atoms with Crippen LogP contribution in [0.1, 0.15) is 112 Å². The van der Waals surface area contributed by atoms with Gasteiger partial charge in [-0.3, -0.25) is 9.69 Å². The molecule has 5 aliphatic carbocycles. The fourth-order valence-electron chi connectivity index (χ4n) is 13.0. The third-order valence-electron chi connectivity index (χ3n) is 15.3. The van der Waals surface area contributed by atoms with E-state index < -0.39 is 0 Å². The van der Waals surface area contributed by atoms with Crippen molar-refractivity contribution in [1.29, 1.82) is 0 Å². The van der Waals surface area contributed by atoms with Crippen LogP contribution in [0.25, 0.3) is 0 Å². The number of carbonyl (C=O) groups excluding carboxylic acids is 1. The minimum atomic E-state index is -0.259. The maximum atomic E-state index is 12.4. The number of amides is 1. The molecule has 6 heteroatoms. The maximum absolute atomic E-state index is 12.4. The quantitative estimate of drug-likeness (QED) is 0.287. The fourth-order valence-corrected chi connectivity index (χ4v) is 13.0. The van der Waals surface area contributed by atoms with Gasteiger partial charge in [-0.05, 0) is 122 Å². The average Bonchev–Trinajstić information content (AvgIpc) is 3.55. The van der Waals surface area contributed by atoms with Crippen LogP contribution in [0.3, 0.4) is 0 Å². The van der Waals surface area contributed by atoms with Crippen LogP contribution in [-0.4, -0.2) is 79.6 Å². The molecule has 5 saturated carbocycles. The van der Waals surface area contributed by atoms with E-state index in [0.717, 1.165) is 31.7 Å². The molecule has 250 valence electrons. The molecule has 0 aromatic rings. The number of fused-ring (bicyclic) bond motifs is 2. The first-order valence-corrected chi connectivity index (χ1v) is 18.1. The second-order valence-electron chi connectivity index (χ2n) is 17.9. The van der Waals surface area contributed by atoms with Crippen molar-refractivity contribution in [1.82, 2.24) is 9.80 Å². The van der Waals surface area contributed by atoms with Gasteiger partial charge in [0.25, 0.3) is 0 Å². The van der Waals surface area contributed by atoms with E-state index in [4.69, 9.17) is 9.47 Å². The Kier molecular flexibility index (Phi) is 8.50. The molecule has 0 aromatic heterocycles. The first-order chi connectivity index (χ1) is 20.6. The molecule has 6 fully saturated rings. The third kappa shape index (κ3) is 4.89. The lowest BCUT2D eigenvalue weighted by Gasteiger charge is -2.63. The Balaban J connectivity index is 1.15. The molecule has 1 N–H and O–H groups in total. The summed E-state index contributed by atoms with van der Waals surface area (Å²) >= 11 is 0. The fraction of sp³-hybridized carbons (Fsp3) is 0.921. The molecule has 1 saturated heterocycles. The Hall–Kier alpha value is -0.950. The molecule has 1 unspecified atom stereocenters. The van der Waals surface area contributed by atoms with Gasteiger partial charge in [0.05, 0.1) is 31.9 Å². The van der Waals surface area contributed by atoms with E-state index in [9.17, 15) is 9.90 Å². The number of carbonyl (C=O) groups is 1. The van der Waals surface area contributed by atoms with E-state index >= 15 is 0 Å². The van der Waals surface area contributed by atoms with Gasteiger partial charge in [-0.25, -0.2) is 0 Å². The minimum Gasteiger partial charge on any atom is -0.393 e. The standard InChI is InChI=1S/C38H64N2O4/c1-25(2)11-10-12-26(3)33-27(41)21-36(7)29-14-13-28-34(4,5)30(15-16-37(28)24-38(29,37)18-17-35(33,36)6)44-32-23-40(19-20-43-32)22-31(42)39(8)9/h26-30,32-33,41H,1,10-24H2,2-9H3/t26-,27-,28+,29+,30+,32+,33?,35-,36+,37-,38+/m1/s1. The highest BCUT2D eigenvalue weighted by atomic mass is 16.7. The summed E-state index contributed by atoms with van der Waals surface area (Å²) in [7, 11) is 3.65. The van der Waals surface area contributed by atoms with E-state index in [0.29, 0.717) is 48.3 Å². The molecule has 0 bridgehead atoms. The predicted octanol–water partition coefficient (Wildman–Crippen LogP) is 6.91. The zero-order chi connectivity index (χ0) is 31.9. The van der Waals surface area contributed by atoms with Crippen molar-refractivity contribution in [2.75, 3.05) is 40.3 Å². The number of aliphatic hydroxyl groups is 1. The molecule has 1 heterocycles. The van der Waals surface area contributed by atoms with Crippen molar-refractivity contribution >= 4 is 5.91 Å². The zero-order valence-electron chi connectivity index (χ0n) is 29.4. The Morgan fingerprint density at radius 2 is 1.77 bits per heavy atom. The Morgan fingerprint density at radius 3 is 2.48 bits per heavy atom. The second-order valence-corrected chi connectivity index (χ2v) is 17.9. The number of aliphatic hydroxyl groups excluding tert-OH is 1. The molecule has 6 rings (SSSR count). The summed E-state index contributed by atoms with van der Waals surface area (Å²) in [6.45, 7) is 21.4. The maximum Gasteiger partial charge on any atom is 0.236 e. The van der Waals surface area contributed by atoms with E-state index in [-0.39, 0.29) is 40.7 Å². The average molecular weight is 613 g/mol. The van der Waals surface area contributed by atoms with Gasteiger partial charge < -0.3 is 19.5 Å².